The maximum atomic E-state index is 9.67. The predicted octanol–water partition coefficient (Wildman–Crippen LogP) is 14.3. The highest BCUT2D eigenvalue weighted by atomic mass is 16.5. The molecule has 286 valence electrons. The molecule has 0 saturated heterocycles. The van der Waals surface area contributed by atoms with Crippen LogP contribution in [0.1, 0.15) is 24.0 Å². The van der Waals surface area contributed by atoms with Crippen LogP contribution in [0.5, 0.6) is 5.75 Å². The molecule has 0 N–H and O–H groups in total. The fraction of sp³-hybridized carbons (Fsp3) is 0.0536. The van der Waals surface area contributed by atoms with Crippen molar-refractivity contribution in [1.29, 1.82) is 5.26 Å². The van der Waals surface area contributed by atoms with E-state index in [-0.39, 0.29) is 11.5 Å². The van der Waals surface area contributed by atoms with E-state index in [1.165, 1.54) is 49.3 Å². The smallest absolute Gasteiger partial charge is 0.135 e. The Kier molecular flexibility index (Phi) is 6.92. The molecule has 5 nitrogen and oxygen atoms in total. The van der Waals surface area contributed by atoms with Crippen LogP contribution in [0.25, 0.3) is 99.2 Å². The van der Waals surface area contributed by atoms with Crippen LogP contribution in [0, 0.1) is 11.3 Å². The molecule has 2 aliphatic rings. The standard InChI is InChI=1S/C56H35N3O2/c1-56-27-8-7-14-47(56)46-30-36(20-25-54(46)61-56)35-18-22-49-42(29-35)43-31-37(19-23-50(43)58(49)38-10-3-2-4-11-38)40-13-9-16-51-55(40)41-12-5-6-15-48(41)59(51)39-21-26-53-45(32-39)44-28-34(33-57)17-24-52(44)60-53/h2-32,47H,1H3. The first kappa shape index (κ1) is 33.9. The van der Waals surface area contributed by atoms with Crippen LogP contribution in [0.2, 0.25) is 0 Å². The minimum absolute atomic E-state index is 0.179. The Hall–Kier alpha value is -8.07. The maximum absolute atomic E-state index is 9.67. The average molecular weight is 782 g/mol. The first-order chi connectivity index (χ1) is 30.0. The zero-order valence-electron chi connectivity index (χ0n) is 33.1. The van der Waals surface area contributed by atoms with Crippen molar-refractivity contribution in [2.24, 2.45) is 0 Å². The zero-order chi connectivity index (χ0) is 40.4. The first-order valence-corrected chi connectivity index (χ1v) is 20.8. The molecular weight excluding hydrogens is 747 g/mol. The summed E-state index contributed by atoms with van der Waals surface area (Å²) in [6, 6.07) is 60.8. The van der Waals surface area contributed by atoms with Crippen molar-refractivity contribution in [3.63, 3.8) is 0 Å². The Bertz CT molecular complexity index is 3780. The van der Waals surface area contributed by atoms with Gasteiger partial charge in [0.2, 0.25) is 0 Å². The van der Waals surface area contributed by atoms with Crippen LogP contribution in [0.15, 0.2) is 193 Å². The van der Waals surface area contributed by atoms with Crippen LogP contribution in [0.3, 0.4) is 0 Å². The number of aromatic nitrogens is 2. The number of nitriles is 1. The van der Waals surface area contributed by atoms with E-state index in [4.69, 9.17) is 9.15 Å². The van der Waals surface area contributed by atoms with E-state index in [0.717, 1.165) is 61.2 Å². The third-order valence-corrected chi connectivity index (χ3v) is 13.1. The second kappa shape index (κ2) is 12.5. The highest BCUT2D eigenvalue weighted by Gasteiger charge is 2.42. The summed E-state index contributed by atoms with van der Waals surface area (Å²) in [4.78, 5) is 0. The summed E-state index contributed by atoms with van der Waals surface area (Å²) in [7, 11) is 0. The lowest BCUT2D eigenvalue weighted by Crippen LogP contribution is -2.32. The molecule has 1 aliphatic carbocycles. The van der Waals surface area contributed by atoms with Crippen molar-refractivity contribution in [3.05, 3.63) is 199 Å². The zero-order valence-corrected chi connectivity index (χ0v) is 33.1. The molecule has 8 aromatic carbocycles. The van der Waals surface area contributed by atoms with E-state index in [0.29, 0.717) is 5.56 Å². The van der Waals surface area contributed by atoms with Gasteiger partial charge in [0.05, 0.1) is 33.7 Å². The summed E-state index contributed by atoms with van der Waals surface area (Å²) in [5, 5.41) is 16.4. The number of benzene rings is 8. The van der Waals surface area contributed by atoms with Gasteiger partial charge in [-0.1, -0.05) is 85.0 Å². The van der Waals surface area contributed by atoms with Gasteiger partial charge in [-0.05, 0) is 132 Å². The minimum atomic E-state index is -0.361. The van der Waals surface area contributed by atoms with E-state index in [1.54, 1.807) is 6.07 Å². The monoisotopic (exact) mass is 781 g/mol. The van der Waals surface area contributed by atoms with Crippen LogP contribution >= 0.6 is 0 Å². The highest BCUT2D eigenvalue weighted by molar-refractivity contribution is 6.18. The summed E-state index contributed by atoms with van der Waals surface area (Å²) in [6.07, 6.45) is 8.65. The number of rotatable bonds is 4. The summed E-state index contributed by atoms with van der Waals surface area (Å²) < 4.78 is 17.5. The number of hydrogen-bond donors (Lipinski definition) is 0. The van der Waals surface area contributed by atoms with Gasteiger partial charge in [-0.3, -0.25) is 0 Å². The number of nitrogens with zero attached hydrogens (tertiary/aromatic N) is 3. The van der Waals surface area contributed by atoms with Crippen LogP contribution in [0.4, 0.5) is 0 Å². The lowest BCUT2D eigenvalue weighted by Gasteiger charge is -2.27. The molecule has 1 aliphatic heterocycles. The van der Waals surface area contributed by atoms with Crippen molar-refractivity contribution in [1.82, 2.24) is 9.13 Å². The summed E-state index contributed by atoms with van der Waals surface area (Å²) >= 11 is 0. The minimum Gasteiger partial charge on any atom is -0.482 e. The van der Waals surface area contributed by atoms with Gasteiger partial charge < -0.3 is 18.3 Å². The first-order valence-electron chi connectivity index (χ1n) is 20.8. The molecule has 3 aromatic heterocycles. The SMILES string of the molecule is CC12C=CC=CC1c1cc(-c3ccc4c(c3)c3cc(-c5cccc6c5c5ccccc5n6-c5ccc6oc7ccc(C#N)cc7c6c5)ccc3n4-c3ccccc3)ccc1O2. The second-order valence-electron chi connectivity index (χ2n) is 16.6. The average Bonchev–Trinajstić information content (AvgIpc) is 4.03. The fourth-order valence-corrected chi connectivity index (χ4v) is 10.3. The number of hydrogen-bond acceptors (Lipinski definition) is 3. The molecular formula is C56H35N3O2. The quantitative estimate of drug-likeness (QED) is 0.179. The van der Waals surface area contributed by atoms with Crippen molar-refractivity contribution >= 4 is 65.6 Å². The third-order valence-electron chi connectivity index (χ3n) is 13.1. The molecule has 4 heterocycles. The molecule has 2 atom stereocenters. The Balaban J connectivity index is 1.01. The van der Waals surface area contributed by atoms with Gasteiger partial charge in [0, 0.05) is 55.2 Å². The second-order valence-corrected chi connectivity index (χ2v) is 16.6. The van der Waals surface area contributed by atoms with E-state index in [1.807, 2.05) is 18.2 Å². The summed E-state index contributed by atoms with van der Waals surface area (Å²) in [6.45, 7) is 2.17. The molecule has 13 rings (SSSR count). The number of furan rings is 1. The van der Waals surface area contributed by atoms with Gasteiger partial charge in [-0.2, -0.15) is 5.26 Å². The van der Waals surface area contributed by atoms with Gasteiger partial charge in [0.1, 0.15) is 22.5 Å². The fourth-order valence-electron chi connectivity index (χ4n) is 10.3. The Morgan fingerprint density at radius 3 is 2.08 bits per heavy atom. The van der Waals surface area contributed by atoms with Crippen molar-refractivity contribution in [2.45, 2.75) is 18.4 Å². The predicted molar refractivity (Wildman–Crippen MR) is 248 cm³/mol. The largest absolute Gasteiger partial charge is 0.482 e. The Labute approximate surface area is 350 Å². The van der Waals surface area contributed by atoms with Crippen molar-refractivity contribution < 1.29 is 9.15 Å². The van der Waals surface area contributed by atoms with Gasteiger partial charge in [-0.25, -0.2) is 0 Å². The number of allylic oxidation sites excluding steroid dienone is 2. The summed E-state index contributed by atoms with van der Waals surface area (Å²) in [5.41, 5.74) is 14.5. The molecule has 2 unspecified atom stereocenters. The molecule has 0 radical (unpaired) electrons. The van der Waals surface area contributed by atoms with Gasteiger partial charge >= 0.3 is 0 Å². The van der Waals surface area contributed by atoms with Gasteiger partial charge in [-0.15, -0.1) is 0 Å². The van der Waals surface area contributed by atoms with Gasteiger partial charge in [0.25, 0.3) is 0 Å². The van der Waals surface area contributed by atoms with E-state index in [2.05, 4.69) is 186 Å². The highest BCUT2D eigenvalue weighted by Crippen LogP contribution is 2.49. The number of para-hydroxylation sites is 2. The lowest BCUT2D eigenvalue weighted by atomic mass is 9.82. The molecule has 0 saturated carbocycles. The molecule has 11 aromatic rings. The third kappa shape index (κ3) is 4.88. The normalized spacial score (nSPS) is 16.8. The molecule has 0 bridgehead atoms. The van der Waals surface area contributed by atoms with Crippen LogP contribution in [-0.4, -0.2) is 14.7 Å². The van der Waals surface area contributed by atoms with Crippen molar-refractivity contribution in [3.8, 4) is 45.4 Å². The van der Waals surface area contributed by atoms with Crippen molar-refractivity contribution in [2.75, 3.05) is 0 Å². The molecule has 0 amide bonds. The number of fused-ring (bicyclic) bond motifs is 12. The maximum Gasteiger partial charge on any atom is 0.135 e. The van der Waals surface area contributed by atoms with Gasteiger partial charge in [0.15, 0.2) is 0 Å². The lowest BCUT2D eigenvalue weighted by molar-refractivity contribution is 0.155. The molecule has 5 heteroatoms. The van der Waals surface area contributed by atoms with Crippen LogP contribution < -0.4 is 4.74 Å². The molecule has 0 spiro atoms. The number of ether oxygens (including phenoxy) is 1. The summed E-state index contributed by atoms with van der Waals surface area (Å²) in [5.74, 6) is 1.14. The Morgan fingerprint density at radius 2 is 1.23 bits per heavy atom. The topological polar surface area (TPSA) is 56.0 Å². The van der Waals surface area contributed by atoms with E-state index < -0.39 is 0 Å². The Morgan fingerprint density at radius 1 is 0.541 bits per heavy atom. The van der Waals surface area contributed by atoms with E-state index in [9.17, 15) is 5.26 Å². The molecule has 0 fully saturated rings. The van der Waals surface area contributed by atoms with E-state index >= 15 is 0 Å². The van der Waals surface area contributed by atoms with Crippen LogP contribution in [-0.2, 0) is 0 Å². The molecule has 61 heavy (non-hydrogen) atoms.